The molecule has 0 aromatic heterocycles. The Hall–Kier alpha value is -0.570. The minimum absolute atomic E-state index is 0.0132. The van der Waals surface area contributed by atoms with Gasteiger partial charge in [0.25, 0.3) is 0 Å². The van der Waals surface area contributed by atoms with Gasteiger partial charge in [-0.2, -0.15) is 0 Å². The lowest BCUT2D eigenvalue weighted by Crippen LogP contribution is -1.83. The zero-order chi connectivity index (χ0) is 7.72. The first-order valence-corrected chi connectivity index (χ1v) is 3.56. The number of halogens is 2. The Labute approximate surface area is 66.6 Å². The van der Waals surface area contributed by atoms with Crippen LogP contribution in [0.15, 0.2) is 16.6 Å². The number of hydrogen-bond donors (Lipinski definition) is 1. The molecule has 1 aromatic carbocycles. The Balaban J connectivity index is 3.34. The van der Waals surface area contributed by atoms with Crippen LogP contribution in [-0.4, -0.2) is 5.11 Å². The van der Waals surface area contributed by atoms with Crippen molar-refractivity contribution in [2.75, 3.05) is 0 Å². The molecule has 3 heteroatoms. The highest BCUT2D eigenvalue weighted by molar-refractivity contribution is 9.10. The summed E-state index contributed by atoms with van der Waals surface area (Å²) in [6.07, 6.45) is 0. The molecule has 0 aliphatic heterocycles. The van der Waals surface area contributed by atoms with Crippen LogP contribution in [0.5, 0.6) is 5.75 Å². The first kappa shape index (κ1) is 7.54. The lowest BCUT2D eigenvalue weighted by Gasteiger charge is -2.00. The van der Waals surface area contributed by atoms with Crippen molar-refractivity contribution < 1.29 is 9.50 Å². The van der Waals surface area contributed by atoms with E-state index in [4.69, 9.17) is 5.11 Å². The molecule has 0 aliphatic rings. The molecule has 0 saturated heterocycles. The highest BCUT2D eigenvalue weighted by Gasteiger charge is 2.05. The van der Waals surface area contributed by atoms with Gasteiger partial charge < -0.3 is 5.11 Å². The molecule has 1 rings (SSSR count). The minimum Gasteiger partial charge on any atom is -0.508 e. The van der Waals surface area contributed by atoms with E-state index in [0.29, 0.717) is 4.47 Å². The van der Waals surface area contributed by atoms with Crippen LogP contribution in [-0.2, 0) is 0 Å². The van der Waals surface area contributed by atoms with E-state index in [-0.39, 0.29) is 11.3 Å². The zero-order valence-electron chi connectivity index (χ0n) is 5.36. The van der Waals surface area contributed by atoms with Gasteiger partial charge in [-0.1, -0.05) is 0 Å². The first-order valence-electron chi connectivity index (χ1n) is 2.76. The van der Waals surface area contributed by atoms with Crippen molar-refractivity contribution in [3.05, 3.63) is 28.0 Å². The summed E-state index contributed by atoms with van der Waals surface area (Å²) in [6.45, 7) is 1.52. The van der Waals surface area contributed by atoms with Crippen LogP contribution < -0.4 is 0 Å². The van der Waals surface area contributed by atoms with Gasteiger partial charge in [0.15, 0.2) is 0 Å². The number of aromatic hydroxyl groups is 1. The summed E-state index contributed by atoms with van der Waals surface area (Å²) >= 11 is 2.99. The van der Waals surface area contributed by atoms with E-state index >= 15 is 0 Å². The molecular formula is C7H6BrFO. The lowest BCUT2D eigenvalue weighted by atomic mass is 10.2. The van der Waals surface area contributed by atoms with Gasteiger partial charge in [-0.3, -0.25) is 0 Å². The van der Waals surface area contributed by atoms with Crippen molar-refractivity contribution in [3.63, 3.8) is 0 Å². The summed E-state index contributed by atoms with van der Waals surface area (Å²) < 4.78 is 13.2. The van der Waals surface area contributed by atoms with E-state index < -0.39 is 5.82 Å². The molecule has 1 aromatic rings. The Kier molecular flexibility index (Phi) is 1.94. The molecule has 0 heterocycles. The number of rotatable bonds is 0. The number of benzene rings is 1. The van der Waals surface area contributed by atoms with Crippen LogP contribution in [0.2, 0.25) is 0 Å². The largest absolute Gasteiger partial charge is 0.508 e. The average Bonchev–Trinajstić information content (AvgIpc) is 1.93. The van der Waals surface area contributed by atoms with Gasteiger partial charge in [0.05, 0.1) is 4.47 Å². The summed E-state index contributed by atoms with van der Waals surface area (Å²) in [4.78, 5) is 0. The third kappa shape index (κ3) is 1.14. The van der Waals surface area contributed by atoms with E-state index in [9.17, 15) is 4.39 Å². The first-order chi connectivity index (χ1) is 4.63. The van der Waals surface area contributed by atoms with Crippen molar-refractivity contribution in [1.29, 1.82) is 0 Å². The van der Waals surface area contributed by atoms with E-state index in [0.717, 1.165) is 0 Å². The molecule has 0 saturated carbocycles. The maximum absolute atomic E-state index is 12.8. The molecule has 1 nitrogen and oxygen atoms in total. The number of phenolic OH excluding ortho intramolecular Hbond substituents is 1. The topological polar surface area (TPSA) is 20.2 Å². The molecule has 0 fully saturated rings. The van der Waals surface area contributed by atoms with Crippen LogP contribution in [0.4, 0.5) is 4.39 Å². The molecule has 0 atom stereocenters. The Morgan fingerprint density at radius 2 is 2.10 bits per heavy atom. The molecular weight excluding hydrogens is 199 g/mol. The monoisotopic (exact) mass is 204 g/mol. The van der Waals surface area contributed by atoms with Crippen molar-refractivity contribution >= 4 is 15.9 Å². The standard InChI is InChI=1S/C7H6BrFO/c1-4-6(10)3-2-5(8)7(4)9/h2-3,10H,1H3. The fourth-order valence-corrected chi connectivity index (χ4v) is 1.07. The molecule has 0 aliphatic carbocycles. The highest BCUT2D eigenvalue weighted by Crippen LogP contribution is 2.25. The second-order valence-electron chi connectivity index (χ2n) is 2.01. The summed E-state index contributed by atoms with van der Waals surface area (Å²) in [7, 11) is 0. The molecule has 0 bridgehead atoms. The van der Waals surface area contributed by atoms with Crippen LogP contribution in [0.3, 0.4) is 0 Å². The van der Waals surface area contributed by atoms with Gasteiger partial charge in [-0.25, -0.2) is 4.39 Å². The second kappa shape index (κ2) is 2.58. The van der Waals surface area contributed by atoms with Gasteiger partial charge in [-0.05, 0) is 35.0 Å². The third-order valence-corrected chi connectivity index (χ3v) is 1.92. The summed E-state index contributed by atoms with van der Waals surface area (Å²) in [5, 5.41) is 8.96. The summed E-state index contributed by atoms with van der Waals surface area (Å²) in [5.41, 5.74) is 0.273. The van der Waals surface area contributed by atoms with Crippen molar-refractivity contribution in [3.8, 4) is 5.75 Å². The van der Waals surface area contributed by atoms with E-state index in [1.807, 2.05) is 0 Å². The van der Waals surface area contributed by atoms with Crippen LogP contribution >= 0.6 is 15.9 Å². The predicted molar refractivity (Wildman–Crippen MR) is 40.5 cm³/mol. The zero-order valence-corrected chi connectivity index (χ0v) is 6.94. The summed E-state index contributed by atoms with van der Waals surface area (Å²) in [6, 6.07) is 2.92. The Morgan fingerprint density at radius 3 is 2.60 bits per heavy atom. The van der Waals surface area contributed by atoms with Gasteiger partial charge in [0.1, 0.15) is 11.6 Å². The maximum atomic E-state index is 12.8. The lowest BCUT2D eigenvalue weighted by molar-refractivity contribution is 0.462. The Bertz CT molecular complexity index is 233. The number of phenols is 1. The van der Waals surface area contributed by atoms with E-state index in [1.165, 1.54) is 19.1 Å². The fraction of sp³-hybridized carbons (Fsp3) is 0.143. The molecule has 10 heavy (non-hydrogen) atoms. The molecule has 1 N–H and O–H groups in total. The predicted octanol–water partition coefficient (Wildman–Crippen LogP) is 2.60. The normalized spacial score (nSPS) is 9.90. The SMILES string of the molecule is Cc1c(O)ccc(Br)c1F. The quantitative estimate of drug-likeness (QED) is 0.690. The highest BCUT2D eigenvalue weighted by atomic mass is 79.9. The fourth-order valence-electron chi connectivity index (χ4n) is 0.642. The van der Waals surface area contributed by atoms with Crippen LogP contribution in [0, 0.1) is 12.7 Å². The third-order valence-electron chi connectivity index (χ3n) is 1.31. The van der Waals surface area contributed by atoms with E-state index in [2.05, 4.69) is 15.9 Å². The molecule has 54 valence electrons. The molecule has 0 radical (unpaired) electrons. The molecule has 0 spiro atoms. The van der Waals surface area contributed by atoms with Crippen molar-refractivity contribution in [2.24, 2.45) is 0 Å². The van der Waals surface area contributed by atoms with Gasteiger partial charge >= 0.3 is 0 Å². The molecule has 0 unspecified atom stereocenters. The second-order valence-corrected chi connectivity index (χ2v) is 2.86. The smallest absolute Gasteiger partial charge is 0.143 e. The minimum atomic E-state index is -0.403. The summed E-state index contributed by atoms with van der Waals surface area (Å²) in [5.74, 6) is -0.416. The van der Waals surface area contributed by atoms with Crippen molar-refractivity contribution in [1.82, 2.24) is 0 Å². The molecule has 0 amide bonds. The van der Waals surface area contributed by atoms with Crippen molar-refractivity contribution in [2.45, 2.75) is 6.92 Å². The maximum Gasteiger partial charge on any atom is 0.143 e. The number of hydrogen-bond acceptors (Lipinski definition) is 1. The van der Waals surface area contributed by atoms with Gasteiger partial charge in [-0.15, -0.1) is 0 Å². The average molecular weight is 205 g/mol. The van der Waals surface area contributed by atoms with E-state index in [1.54, 1.807) is 0 Å². The van der Waals surface area contributed by atoms with Gasteiger partial charge in [0, 0.05) is 5.56 Å². The van der Waals surface area contributed by atoms with Crippen LogP contribution in [0.1, 0.15) is 5.56 Å². The Morgan fingerprint density at radius 1 is 1.50 bits per heavy atom. The van der Waals surface area contributed by atoms with Crippen LogP contribution in [0.25, 0.3) is 0 Å². The van der Waals surface area contributed by atoms with Gasteiger partial charge in [0.2, 0.25) is 0 Å².